The molecule has 0 bridgehead atoms. The van der Waals surface area contributed by atoms with Crippen molar-refractivity contribution < 1.29 is 9.90 Å². The summed E-state index contributed by atoms with van der Waals surface area (Å²) in [6.45, 7) is 2.03. The van der Waals surface area contributed by atoms with Crippen LogP contribution in [0.2, 0.25) is 0 Å². The second-order valence-electron chi connectivity index (χ2n) is 4.30. The van der Waals surface area contributed by atoms with Crippen LogP contribution in [0.1, 0.15) is 29.3 Å². The number of rotatable bonds is 4. The maximum absolute atomic E-state index is 12.1. The van der Waals surface area contributed by atoms with Crippen LogP contribution in [0.5, 0.6) is 5.75 Å². The zero-order chi connectivity index (χ0) is 13.7. The normalized spacial score (nSPS) is 11.3. The number of allylic oxidation sites excluding steroid dienone is 2. The van der Waals surface area contributed by atoms with E-state index in [4.69, 9.17) is 0 Å². The number of benzene rings is 2. The number of carbonyl (C=O) groups excluding carboxylic acids is 1. The molecule has 2 rings (SSSR count). The topological polar surface area (TPSA) is 37.3 Å². The monoisotopic (exact) mass is 252 g/mol. The first-order valence-corrected chi connectivity index (χ1v) is 6.30. The van der Waals surface area contributed by atoms with Gasteiger partial charge in [-0.15, -0.1) is 0 Å². The summed E-state index contributed by atoms with van der Waals surface area (Å²) in [5.74, 6) is 0.125. The summed E-state index contributed by atoms with van der Waals surface area (Å²) in [4.78, 5) is 12.1. The fraction of sp³-hybridized carbons (Fsp3) is 0.118. The summed E-state index contributed by atoms with van der Waals surface area (Å²) < 4.78 is 0. The van der Waals surface area contributed by atoms with Crippen molar-refractivity contribution >= 4 is 11.4 Å². The minimum Gasteiger partial charge on any atom is -0.508 e. The Morgan fingerprint density at radius 3 is 2.21 bits per heavy atom. The van der Waals surface area contributed by atoms with Crippen LogP contribution >= 0.6 is 0 Å². The highest BCUT2D eigenvalue weighted by atomic mass is 16.3. The molecule has 0 radical (unpaired) electrons. The van der Waals surface area contributed by atoms with E-state index < -0.39 is 0 Å². The van der Waals surface area contributed by atoms with Crippen LogP contribution in [-0.2, 0) is 0 Å². The van der Waals surface area contributed by atoms with E-state index in [2.05, 4.69) is 0 Å². The molecule has 0 saturated carbocycles. The standard InChI is InChI=1S/C17H16O2/c1-2-13(14-6-4-3-5-7-14)12-17(19)15-8-10-16(18)11-9-15/h3-12,18H,2H2,1H3. The average molecular weight is 252 g/mol. The van der Waals surface area contributed by atoms with E-state index in [1.807, 2.05) is 37.3 Å². The molecule has 2 aromatic carbocycles. The number of aromatic hydroxyl groups is 1. The second kappa shape index (κ2) is 6.01. The molecule has 1 N–H and O–H groups in total. The second-order valence-corrected chi connectivity index (χ2v) is 4.30. The SMILES string of the molecule is CCC(=CC(=O)c1ccc(O)cc1)c1ccccc1. The van der Waals surface area contributed by atoms with Gasteiger partial charge in [0.25, 0.3) is 0 Å². The van der Waals surface area contributed by atoms with Crippen LogP contribution < -0.4 is 0 Å². The molecule has 0 fully saturated rings. The van der Waals surface area contributed by atoms with Gasteiger partial charge in [0.05, 0.1) is 0 Å². The van der Waals surface area contributed by atoms with Gasteiger partial charge in [-0.25, -0.2) is 0 Å². The highest BCUT2D eigenvalue weighted by molar-refractivity contribution is 6.08. The van der Waals surface area contributed by atoms with Gasteiger partial charge in [0.2, 0.25) is 0 Å². The Balaban J connectivity index is 2.28. The quantitative estimate of drug-likeness (QED) is 0.658. The molecule has 2 nitrogen and oxygen atoms in total. The molecule has 96 valence electrons. The molecule has 0 aliphatic rings. The van der Waals surface area contributed by atoms with Crippen molar-refractivity contribution in [2.75, 3.05) is 0 Å². The van der Waals surface area contributed by atoms with Gasteiger partial charge in [0.1, 0.15) is 5.75 Å². The fourth-order valence-corrected chi connectivity index (χ4v) is 1.91. The maximum atomic E-state index is 12.1. The number of ketones is 1. The van der Waals surface area contributed by atoms with Crippen molar-refractivity contribution in [3.8, 4) is 5.75 Å². The Morgan fingerprint density at radius 1 is 1.00 bits per heavy atom. The van der Waals surface area contributed by atoms with Crippen LogP contribution in [0.25, 0.3) is 5.57 Å². The van der Waals surface area contributed by atoms with E-state index in [9.17, 15) is 9.90 Å². The molecule has 0 amide bonds. The van der Waals surface area contributed by atoms with Crippen molar-refractivity contribution in [3.63, 3.8) is 0 Å². The molecule has 19 heavy (non-hydrogen) atoms. The lowest BCUT2D eigenvalue weighted by Crippen LogP contribution is -1.96. The Labute approximate surface area is 113 Å². The summed E-state index contributed by atoms with van der Waals surface area (Å²) >= 11 is 0. The number of phenolic OH excluding ortho intramolecular Hbond substituents is 1. The van der Waals surface area contributed by atoms with Crippen molar-refractivity contribution in [2.24, 2.45) is 0 Å². The zero-order valence-electron chi connectivity index (χ0n) is 10.8. The molecule has 0 heterocycles. The van der Waals surface area contributed by atoms with Crippen LogP contribution in [0.3, 0.4) is 0 Å². The minimum absolute atomic E-state index is 0.0410. The lowest BCUT2D eigenvalue weighted by Gasteiger charge is -2.04. The highest BCUT2D eigenvalue weighted by Crippen LogP contribution is 2.19. The molecular weight excluding hydrogens is 236 g/mol. The Kier molecular flexibility index (Phi) is 4.14. The Bertz CT molecular complexity index is 580. The zero-order valence-corrected chi connectivity index (χ0v) is 10.8. The first kappa shape index (κ1) is 13.1. The Morgan fingerprint density at radius 2 is 1.63 bits per heavy atom. The average Bonchev–Trinajstić information content (AvgIpc) is 2.46. The van der Waals surface area contributed by atoms with Gasteiger partial charge in [0, 0.05) is 5.56 Å². The number of hydrogen-bond donors (Lipinski definition) is 1. The third-order valence-corrected chi connectivity index (χ3v) is 2.98. The minimum atomic E-state index is -0.0410. The summed E-state index contributed by atoms with van der Waals surface area (Å²) in [7, 11) is 0. The van der Waals surface area contributed by atoms with Crippen molar-refractivity contribution in [1.82, 2.24) is 0 Å². The largest absolute Gasteiger partial charge is 0.508 e. The third kappa shape index (κ3) is 3.32. The lowest BCUT2D eigenvalue weighted by atomic mass is 10.00. The summed E-state index contributed by atoms with van der Waals surface area (Å²) in [5, 5.41) is 9.22. The van der Waals surface area contributed by atoms with Crippen molar-refractivity contribution in [3.05, 3.63) is 71.8 Å². The molecule has 0 atom stereocenters. The molecule has 0 aromatic heterocycles. The number of carbonyl (C=O) groups is 1. The van der Waals surface area contributed by atoms with Gasteiger partial charge >= 0.3 is 0 Å². The van der Waals surface area contributed by atoms with E-state index in [1.165, 1.54) is 12.1 Å². The van der Waals surface area contributed by atoms with Gasteiger partial charge in [-0.1, -0.05) is 37.3 Å². The van der Waals surface area contributed by atoms with Crippen LogP contribution in [0, 0.1) is 0 Å². The van der Waals surface area contributed by atoms with E-state index >= 15 is 0 Å². The smallest absolute Gasteiger partial charge is 0.186 e. The predicted octanol–water partition coefficient (Wildman–Crippen LogP) is 4.07. The first-order chi connectivity index (χ1) is 9.20. The van der Waals surface area contributed by atoms with Gasteiger partial charge in [-0.3, -0.25) is 4.79 Å². The molecule has 0 unspecified atom stereocenters. The first-order valence-electron chi connectivity index (χ1n) is 6.30. The lowest BCUT2D eigenvalue weighted by molar-refractivity contribution is 0.104. The van der Waals surface area contributed by atoms with E-state index in [0.717, 1.165) is 17.6 Å². The molecular formula is C17H16O2. The number of hydrogen-bond acceptors (Lipinski definition) is 2. The summed E-state index contributed by atoms with van der Waals surface area (Å²) in [5.41, 5.74) is 2.66. The molecule has 2 aromatic rings. The highest BCUT2D eigenvalue weighted by Gasteiger charge is 2.05. The van der Waals surface area contributed by atoms with Gasteiger partial charge in [0.15, 0.2) is 5.78 Å². The predicted molar refractivity (Wildman–Crippen MR) is 77.1 cm³/mol. The fourth-order valence-electron chi connectivity index (χ4n) is 1.91. The van der Waals surface area contributed by atoms with Gasteiger partial charge in [-0.05, 0) is 47.9 Å². The maximum Gasteiger partial charge on any atom is 0.186 e. The van der Waals surface area contributed by atoms with Crippen molar-refractivity contribution in [2.45, 2.75) is 13.3 Å². The molecule has 0 aliphatic carbocycles. The van der Waals surface area contributed by atoms with Crippen LogP contribution in [0.15, 0.2) is 60.7 Å². The third-order valence-electron chi connectivity index (χ3n) is 2.98. The molecule has 2 heteroatoms. The summed E-state index contributed by atoms with van der Waals surface area (Å²) in [6, 6.07) is 16.2. The molecule has 0 spiro atoms. The van der Waals surface area contributed by atoms with Crippen molar-refractivity contribution in [1.29, 1.82) is 0 Å². The number of phenols is 1. The van der Waals surface area contributed by atoms with E-state index in [-0.39, 0.29) is 11.5 Å². The van der Waals surface area contributed by atoms with Crippen LogP contribution in [0.4, 0.5) is 0 Å². The van der Waals surface area contributed by atoms with Gasteiger partial charge < -0.3 is 5.11 Å². The van der Waals surface area contributed by atoms with Crippen LogP contribution in [-0.4, -0.2) is 10.9 Å². The Hall–Kier alpha value is -2.35. The molecule has 0 saturated heterocycles. The van der Waals surface area contributed by atoms with E-state index in [0.29, 0.717) is 5.56 Å². The summed E-state index contributed by atoms with van der Waals surface area (Å²) in [6.07, 6.45) is 2.47. The van der Waals surface area contributed by atoms with E-state index in [1.54, 1.807) is 18.2 Å². The van der Waals surface area contributed by atoms with Gasteiger partial charge in [-0.2, -0.15) is 0 Å². The molecule has 0 aliphatic heterocycles.